The highest BCUT2D eigenvalue weighted by molar-refractivity contribution is 6.35. The van der Waals surface area contributed by atoms with Gasteiger partial charge in [0.05, 0.1) is 17.7 Å². The number of hydrogen-bond acceptors (Lipinski definition) is 2. The molecule has 4 rings (SSSR count). The number of carbonyl (C=O) groups is 1. The maximum absolute atomic E-state index is 14.4. The van der Waals surface area contributed by atoms with E-state index in [9.17, 15) is 9.18 Å². The molecule has 0 radical (unpaired) electrons. The van der Waals surface area contributed by atoms with Crippen LogP contribution in [-0.2, 0) is 4.79 Å². The number of likely N-dealkylation sites (N-methyl/N-ethyl adjacent to an activating group) is 1. The number of carbonyl (C=O) groups excluding carboxylic acids is 1. The van der Waals surface area contributed by atoms with Crippen LogP contribution in [0.25, 0.3) is 17.3 Å². The molecule has 1 amide bonds. The molecule has 1 aliphatic heterocycles. The van der Waals surface area contributed by atoms with Crippen molar-refractivity contribution in [2.45, 2.75) is 0 Å². The quantitative estimate of drug-likeness (QED) is 0.678. The van der Waals surface area contributed by atoms with Gasteiger partial charge in [-0.15, -0.1) is 0 Å². The van der Waals surface area contributed by atoms with Crippen LogP contribution in [0.15, 0.2) is 61.2 Å². The van der Waals surface area contributed by atoms with Gasteiger partial charge in [-0.1, -0.05) is 24.3 Å². The molecule has 0 saturated carbocycles. The molecule has 0 fully saturated rings. The molecule has 24 heavy (non-hydrogen) atoms. The summed E-state index contributed by atoms with van der Waals surface area (Å²) in [4.78, 5) is 18.0. The molecule has 5 heteroatoms. The number of fused-ring (bicyclic) bond motifs is 1. The van der Waals surface area contributed by atoms with E-state index >= 15 is 0 Å². The van der Waals surface area contributed by atoms with Crippen LogP contribution in [0.3, 0.4) is 0 Å². The average Bonchev–Trinajstić information content (AvgIpc) is 3.19. The number of imidazole rings is 1. The van der Waals surface area contributed by atoms with Gasteiger partial charge in [0.1, 0.15) is 5.82 Å². The highest BCUT2D eigenvalue weighted by Crippen LogP contribution is 2.36. The van der Waals surface area contributed by atoms with Gasteiger partial charge in [0.2, 0.25) is 0 Å². The smallest absolute Gasteiger partial charge is 0.258 e. The van der Waals surface area contributed by atoms with Crippen LogP contribution in [0.5, 0.6) is 0 Å². The second-order valence-electron chi connectivity index (χ2n) is 5.62. The Kier molecular flexibility index (Phi) is 3.27. The van der Waals surface area contributed by atoms with Crippen molar-refractivity contribution in [2.24, 2.45) is 0 Å². The van der Waals surface area contributed by atoms with Gasteiger partial charge in [-0.25, -0.2) is 9.37 Å². The lowest BCUT2D eigenvalue weighted by molar-refractivity contribution is -0.112. The molecule has 0 saturated heterocycles. The molecule has 118 valence electrons. The molecule has 2 heterocycles. The fraction of sp³-hybridized carbons (Fsp3) is 0.0526. The largest absolute Gasteiger partial charge is 0.311 e. The van der Waals surface area contributed by atoms with Crippen molar-refractivity contribution < 1.29 is 9.18 Å². The lowest BCUT2D eigenvalue weighted by Crippen LogP contribution is -2.20. The van der Waals surface area contributed by atoms with E-state index in [2.05, 4.69) is 4.98 Å². The third-order valence-electron chi connectivity index (χ3n) is 4.16. The van der Waals surface area contributed by atoms with Crippen molar-refractivity contribution >= 4 is 23.2 Å². The molecule has 0 N–H and O–H groups in total. The van der Waals surface area contributed by atoms with Gasteiger partial charge < -0.3 is 9.47 Å². The summed E-state index contributed by atoms with van der Waals surface area (Å²) in [6, 6.07) is 12.5. The monoisotopic (exact) mass is 319 g/mol. The number of halogens is 1. The number of rotatable bonds is 2. The maximum atomic E-state index is 14.4. The zero-order valence-corrected chi connectivity index (χ0v) is 13.0. The summed E-state index contributed by atoms with van der Waals surface area (Å²) < 4.78 is 16.0. The highest BCUT2D eigenvalue weighted by Gasteiger charge is 2.28. The molecule has 0 spiro atoms. The van der Waals surface area contributed by atoms with Gasteiger partial charge in [-0.2, -0.15) is 0 Å². The molecule has 3 aromatic rings. The Hall–Kier alpha value is -3.21. The first-order chi connectivity index (χ1) is 11.6. The molecular formula is C19H14FN3O. The van der Waals surface area contributed by atoms with Gasteiger partial charge in [-0.3, -0.25) is 4.79 Å². The van der Waals surface area contributed by atoms with E-state index in [0.29, 0.717) is 16.8 Å². The number of para-hydroxylation sites is 1. The molecule has 0 atom stereocenters. The number of amides is 1. The van der Waals surface area contributed by atoms with Crippen molar-refractivity contribution in [2.75, 3.05) is 11.9 Å². The van der Waals surface area contributed by atoms with Crippen LogP contribution >= 0.6 is 0 Å². The molecule has 0 aliphatic carbocycles. The summed E-state index contributed by atoms with van der Waals surface area (Å²) in [5.41, 5.74) is 3.37. The summed E-state index contributed by atoms with van der Waals surface area (Å²) in [6.45, 7) is 0. The summed E-state index contributed by atoms with van der Waals surface area (Å²) in [6.07, 6.45) is 6.55. The van der Waals surface area contributed by atoms with Gasteiger partial charge in [0.25, 0.3) is 5.91 Å². The first-order valence-electron chi connectivity index (χ1n) is 7.52. The molecular weight excluding hydrogens is 305 g/mol. The Balaban J connectivity index is 1.77. The fourth-order valence-electron chi connectivity index (χ4n) is 2.93. The number of nitrogens with zero attached hydrogens (tertiary/aromatic N) is 3. The van der Waals surface area contributed by atoms with Crippen LogP contribution in [0.1, 0.15) is 11.1 Å². The lowest BCUT2D eigenvalue weighted by Gasteiger charge is -2.08. The number of hydrogen-bond donors (Lipinski definition) is 0. The second kappa shape index (κ2) is 5.45. The predicted molar refractivity (Wildman–Crippen MR) is 91.2 cm³/mol. The van der Waals surface area contributed by atoms with Gasteiger partial charge >= 0.3 is 0 Å². The zero-order chi connectivity index (χ0) is 16.7. The molecule has 1 aromatic heterocycles. The topological polar surface area (TPSA) is 38.1 Å². The van der Waals surface area contributed by atoms with E-state index in [-0.39, 0.29) is 11.7 Å². The first kappa shape index (κ1) is 14.4. The number of aromatic nitrogens is 2. The molecule has 1 aliphatic rings. The summed E-state index contributed by atoms with van der Waals surface area (Å²) in [5.74, 6) is -0.454. The van der Waals surface area contributed by atoms with E-state index in [1.54, 1.807) is 53.4 Å². The Morgan fingerprint density at radius 3 is 2.71 bits per heavy atom. The van der Waals surface area contributed by atoms with Crippen LogP contribution in [0, 0.1) is 5.82 Å². The third kappa shape index (κ3) is 2.22. The Morgan fingerprint density at radius 2 is 1.96 bits per heavy atom. The fourth-order valence-corrected chi connectivity index (χ4v) is 2.93. The summed E-state index contributed by atoms with van der Waals surface area (Å²) >= 11 is 0. The van der Waals surface area contributed by atoms with Crippen LogP contribution in [0.2, 0.25) is 0 Å². The summed E-state index contributed by atoms with van der Waals surface area (Å²) in [7, 11) is 1.74. The number of anilines is 1. The van der Waals surface area contributed by atoms with Crippen molar-refractivity contribution in [3.63, 3.8) is 0 Å². The van der Waals surface area contributed by atoms with Crippen molar-refractivity contribution in [3.8, 4) is 5.69 Å². The molecule has 4 nitrogen and oxygen atoms in total. The molecule has 0 bridgehead atoms. The Bertz CT molecular complexity index is 961. The summed E-state index contributed by atoms with van der Waals surface area (Å²) in [5, 5.41) is 0. The van der Waals surface area contributed by atoms with E-state index in [1.807, 2.05) is 24.3 Å². The predicted octanol–water partition coefficient (Wildman–Crippen LogP) is 3.53. The second-order valence-corrected chi connectivity index (χ2v) is 5.62. The van der Waals surface area contributed by atoms with E-state index in [4.69, 9.17) is 0 Å². The Labute approximate surface area is 138 Å². The Morgan fingerprint density at radius 1 is 1.12 bits per heavy atom. The van der Waals surface area contributed by atoms with Gasteiger partial charge in [0, 0.05) is 30.6 Å². The van der Waals surface area contributed by atoms with Crippen molar-refractivity contribution in [1.82, 2.24) is 9.55 Å². The normalized spacial score (nSPS) is 15.2. The SMILES string of the molecule is CN1C(=O)C(=Cc2ccc(-n3ccnc3)c(F)c2)c2ccccc21. The standard InChI is InChI=1S/C19H14FN3O/c1-22-17-5-3-2-4-14(17)15(19(22)24)10-13-6-7-18(16(20)11-13)23-9-8-21-12-23/h2-12H,1H3. The number of benzene rings is 2. The highest BCUT2D eigenvalue weighted by atomic mass is 19.1. The van der Waals surface area contributed by atoms with Crippen LogP contribution in [-0.4, -0.2) is 22.5 Å². The van der Waals surface area contributed by atoms with E-state index < -0.39 is 0 Å². The van der Waals surface area contributed by atoms with Crippen LogP contribution in [0.4, 0.5) is 10.1 Å². The minimum absolute atomic E-state index is 0.0877. The minimum atomic E-state index is -0.366. The van der Waals surface area contributed by atoms with E-state index in [0.717, 1.165) is 11.3 Å². The average molecular weight is 319 g/mol. The molecule has 2 aromatic carbocycles. The van der Waals surface area contributed by atoms with Gasteiger partial charge in [-0.05, 0) is 29.8 Å². The molecule has 0 unspecified atom stereocenters. The van der Waals surface area contributed by atoms with Crippen molar-refractivity contribution in [1.29, 1.82) is 0 Å². The lowest BCUT2D eigenvalue weighted by atomic mass is 10.0. The minimum Gasteiger partial charge on any atom is -0.311 e. The zero-order valence-electron chi connectivity index (χ0n) is 13.0. The first-order valence-corrected chi connectivity index (χ1v) is 7.52. The van der Waals surface area contributed by atoms with Crippen LogP contribution < -0.4 is 4.90 Å². The van der Waals surface area contributed by atoms with Crippen molar-refractivity contribution in [3.05, 3.63) is 78.1 Å². The van der Waals surface area contributed by atoms with Gasteiger partial charge in [0.15, 0.2) is 0 Å². The maximum Gasteiger partial charge on any atom is 0.258 e. The van der Waals surface area contributed by atoms with E-state index in [1.165, 1.54) is 6.07 Å². The third-order valence-corrected chi connectivity index (χ3v) is 4.16.